The highest BCUT2D eigenvalue weighted by atomic mass is 16.5. The van der Waals surface area contributed by atoms with Crippen LogP contribution in [0.5, 0.6) is 5.75 Å². The number of piperidine rings is 1. The summed E-state index contributed by atoms with van der Waals surface area (Å²) in [5, 5.41) is 7.00. The van der Waals surface area contributed by atoms with Crippen molar-refractivity contribution in [2.45, 2.75) is 65.6 Å². The van der Waals surface area contributed by atoms with Crippen LogP contribution >= 0.6 is 0 Å². The second-order valence-corrected chi connectivity index (χ2v) is 8.67. The van der Waals surface area contributed by atoms with Gasteiger partial charge < -0.3 is 15.4 Å². The largest absolute Gasteiger partial charge is 0.488 e. The first-order valence-corrected chi connectivity index (χ1v) is 10.5. The van der Waals surface area contributed by atoms with E-state index >= 15 is 0 Å². The van der Waals surface area contributed by atoms with E-state index in [4.69, 9.17) is 9.73 Å². The summed E-state index contributed by atoms with van der Waals surface area (Å²) in [6.07, 6.45) is 2.25. The molecule has 156 valence electrons. The summed E-state index contributed by atoms with van der Waals surface area (Å²) in [5.41, 5.74) is 2.11. The van der Waals surface area contributed by atoms with Crippen LogP contribution in [0.15, 0.2) is 41.4 Å². The number of hydrogen-bond acceptors (Lipinski definition) is 3. The highest BCUT2D eigenvalue weighted by molar-refractivity contribution is 5.80. The zero-order valence-corrected chi connectivity index (χ0v) is 18.3. The van der Waals surface area contributed by atoms with Crippen LogP contribution in [0.25, 0.3) is 0 Å². The molecule has 5 heteroatoms. The van der Waals surface area contributed by atoms with Gasteiger partial charge in [-0.1, -0.05) is 30.4 Å². The van der Waals surface area contributed by atoms with Crippen molar-refractivity contribution in [3.05, 3.63) is 42.0 Å². The Morgan fingerprint density at radius 1 is 1.25 bits per heavy atom. The molecule has 1 fully saturated rings. The second kappa shape index (κ2) is 10.5. The maximum atomic E-state index is 6.10. The molecule has 1 aliphatic rings. The normalized spacial score (nSPS) is 16.7. The lowest BCUT2D eigenvalue weighted by Gasteiger charge is -2.33. The summed E-state index contributed by atoms with van der Waals surface area (Å²) in [5.74, 6) is 1.79. The van der Waals surface area contributed by atoms with Crippen molar-refractivity contribution in [1.29, 1.82) is 0 Å². The molecule has 0 aliphatic carbocycles. The first-order chi connectivity index (χ1) is 13.3. The molecule has 1 aromatic rings. The number of hydrogen-bond donors (Lipinski definition) is 2. The minimum atomic E-state index is -0.222. The molecule has 0 saturated carbocycles. The van der Waals surface area contributed by atoms with Gasteiger partial charge in [0.25, 0.3) is 0 Å². The van der Waals surface area contributed by atoms with E-state index in [1.165, 1.54) is 5.57 Å². The Kier molecular flexibility index (Phi) is 8.36. The van der Waals surface area contributed by atoms with Gasteiger partial charge in [-0.3, -0.25) is 4.90 Å². The molecular formula is C23H38N4O. The number of nitrogens with one attached hydrogen (secondary N) is 2. The molecule has 2 N–H and O–H groups in total. The van der Waals surface area contributed by atoms with Crippen molar-refractivity contribution in [2.24, 2.45) is 4.99 Å². The zero-order chi connectivity index (χ0) is 20.6. The second-order valence-electron chi connectivity index (χ2n) is 8.67. The molecule has 0 aromatic heterocycles. The van der Waals surface area contributed by atoms with E-state index < -0.39 is 0 Å². The quantitative estimate of drug-likeness (QED) is 0.423. The Morgan fingerprint density at radius 3 is 2.54 bits per heavy atom. The average Bonchev–Trinajstić information content (AvgIpc) is 2.61. The number of likely N-dealkylation sites (tertiary alicyclic amines) is 1. The first kappa shape index (κ1) is 22.3. The van der Waals surface area contributed by atoms with Crippen LogP contribution in [0.1, 0.15) is 53.0 Å². The number of rotatable bonds is 7. The van der Waals surface area contributed by atoms with Gasteiger partial charge in [-0.2, -0.15) is 0 Å². The molecule has 0 radical (unpaired) electrons. The van der Waals surface area contributed by atoms with Crippen molar-refractivity contribution >= 4 is 5.96 Å². The number of aliphatic imine (C=N–C) groups is 1. The molecule has 28 heavy (non-hydrogen) atoms. The fraction of sp³-hybridized carbons (Fsp3) is 0.609. The van der Waals surface area contributed by atoms with Crippen LogP contribution in [0, 0.1) is 0 Å². The third-order valence-corrected chi connectivity index (χ3v) is 4.56. The summed E-state index contributed by atoms with van der Waals surface area (Å²) < 4.78 is 6.10. The Morgan fingerprint density at radius 2 is 1.93 bits per heavy atom. The van der Waals surface area contributed by atoms with E-state index in [0.717, 1.165) is 56.3 Å². The summed E-state index contributed by atoms with van der Waals surface area (Å²) in [6.45, 7) is 19.1. The maximum Gasteiger partial charge on any atom is 0.191 e. The van der Waals surface area contributed by atoms with Gasteiger partial charge in [-0.05, 0) is 53.5 Å². The topological polar surface area (TPSA) is 48.9 Å². The third kappa shape index (κ3) is 7.93. The number of para-hydroxylation sites is 1. The molecule has 1 aliphatic heterocycles. The molecule has 1 saturated heterocycles. The predicted molar refractivity (Wildman–Crippen MR) is 119 cm³/mol. The van der Waals surface area contributed by atoms with Gasteiger partial charge in [0.15, 0.2) is 5.96 Å². The van der Waals surface area contributed by atoms with Gasteiger partial charge in [-0.15, -0.1) is 0 Å². The number of guanidine groups is 1. The molecule has 5 nitrogen and oxygen atoms in total. The summed E-state index contributed by atoms with van der Waals surface area (Å²) in [6, 6.07) is 8.62. The molecule has 0 amide bonds. The third-order valence-electron chi connectivity index (χ3n) is 4.56. The molecule has 0 spiro atoms. The SMILES string of the molecule is C=C(C)CN1CCC(NC(=NCc2ccccc2OC(C)(C)C)NCC)CC1. The minimum absolute atomic E-state index is 0.222. The predicted octanol–water partition coefficient (Wildman–Crippen LogP) is 3.96. The highest BCUT2D eigenvalue weighted by Gasteiger charge is 2.20. The van der Waals surface area contributed by atoms with Crippen LogP contribution in [0.4, 0.5) is 0 Å². The van der Waals surface area contributed by atoms with Crippen molar-refractivity contribution < 1.29 is 4.74 Å². The minimum Gasteiger partial charge on any atom is -0.488 e. The molecule has 0 bridgehead atoms. The van der Waals surface area contributed by atoms with Crippen molar-refractivity contribution in [2.75, 3.05) is 26.2 Å². The van der Waals surface area contributed by atoms with E-state index in [1.54, 1.807) is 0 Å². The lowest BCUT2D eigenvalue weighted by Crippen LogP contribution is -2.48. The van der Waals surface area contributed by atoms with Crippen LogP contribution in [-0.2, 0) is 6.54 Å². The molecule has 2 rings (SSSR count). The van der Waals surface area contributed by atoms with Crippen LogP contribution in [0.3, 0.4) is 0 Å². The van der Waals surface area contributed by atoms with E-state index in [2.05, 4.69) is 62.8 Å². The maximum absolute atomic E-state index is 6.10. The molecule has 1 heterocycles. The van der Waals surface area contributed by atoms with E-state index in [0.29, 0.717) is 12.6 Å². The van der Waals surface area contributed by atoms with Crippen LogP contribution in [0.2, 0.25) is 0 Å². The van der Waals surface area contributed by atoms with Gasteiger partial charge in [0.1, 0.15) is 11.4 Å². The fourth-order valence-corrected chi connectivity index (χ4v) is 3.36. The standard InChI is InChI=1S/C23H38N4O/c1-7-24-22(26-20-12-14-27(15-13-20)17-18(2)3)25-16-19-10-8-9-11-21(19)28-23(4,5)6/h8-11,20H,2,7,12-17H2,1,3-6H3,(H2,24,25,26). The molecular weight excluding hydrogens is 348 g/mol. The van der Waals surface area contributed by atoms with Gasteiger partial charge in [-0.25, -0.2) is 4.99 Å². The Hall–Kier alpha value is -2.01. The number of ether oxygens (including phenoxy) is 1. The van der Waals surface area contributed by atoms with E-state index in [9.17, 15) is 0 Å². The smallest absolute Gasteiger partial charge is 0.191 e. The highest BCUT2D eigenvalue weighted by Crippen LogP contribution is 2.23. The van der Waals surface area contributed by atoms with Crippen molar-refractivity contribution in [1.82, 2.24) is 15.5 Å². The summed E-state index contributed by atoms with van der Waals surface area (Å²) in [7, 11) is 0. The Labute approximate surface area is 171 Å². The summed E-state index contributed by atoms with van der Waals surface area (Å²) in [4.78, 5) is 7.30. The van der Waals surface area contributed by atoms with Gasteiger partial charge >= 0.3 is 0 Å². The Balaban J connectivity index is 1.97. The Bertz CT molecular complexity index is 655. The van der Waals surface area contributed by atoms with Gasteiger partial charge in [0.2, 0.25) is 0 Å². The zero-order valence-electron chi connectivity index (χ0n) is 18.3. The molecule has 0 unspecified atom stereocenters. The average molecular weight is 387 g/mol. The first-order valence-electron chi connectivity index (χ1n) is 10.5. The number of benzene rings is 1. The summed E-state index contributed by atoms with van der Waals surface area (Å²) >= 11 is 0. The molecule has 1 aromatic carbocycles. The lowest BCUT2D eigenvalue weighted by atomic mass is 10.0. The van der Waals surface area contributed by atoms with Crippen molar-refractivity contribution in [3.63, 3.8) is 0 Å². The van der Waals surface area contributed by atoms with E-state index in [1.807, 2.05) is 18.2 Å². The van der Waals surface area contributed by atoms with Gasteiger partial charge in [0.05, 0.1) is 6.54 Å². The number of nitrogens with zero attached hydrogens (tertiary/aromatic N) is 2. The van der Waals surface area contributed by atoms with Crippen LogP contribution in [-0.4, -0.2) is 48.7 Å². The van der Waals surface area contributed by atoms with Crippen LogP contribution < -0.4 is 15.4 Å². The monoisotopic (exact) mass is 386 g/mol. The lowest BCUT2D eigenvalue weighted by molar-refractivity contribution is 0.129. The van der Waals surface area contributed by atoms with Gasteiger partial charge in [0, 0.05) is 37.8 Å². The molecule has 0 atom stereocenters. The fourth-order valence-electron chi connectivity index (χ4n) is 3.36. The van der Waals surface area contributed by atoms with Crippen molar-refractivity contribution in [3.8, 4) is 5.75 Å². The van der Waals surface area contributed by atoms with E-state index in [-0.39, 0.29) is 5.60 Å².